The molecule has 7 heteroatoms. The third kappa shape index (κ3) is 3.53. The first kappa shape index (κ1) is 18.6. The molecule has 29 heavy (non-hydrogen) atoms. The number of fused-ring (bicyclic) bond motifs is 2. The molecule has 3 aliphatic rings. The minimum absolute atomic E-state index is 0.00755. The summed E-state index contributed by atoms with van der Waals surface area (Å²) in [6.07, 6.45) is 7.90. The number of likely N-dealkylation sites (tertiary alicyclic amines) is 1. The largest absolute Gasteiger partial charge is 0.361 e. The molecule has 1 saturated carbocycles. The molecule has 4 atom stereocenters. The number of para-hydroxylation sites is 1. The number of hydrogen-bond donors (Lipinski definition) is 4. The molecule has 1 aliphatic carbocycles. The SMILES string of the molecule is O=C(NCCc1c[nH]c2ccccc12)C1CC(=O)N(C2NNC3CCCCC32)C1. The Morgan fingerprint density at radius 3 is 2.97 bits per heavy atom. The Morgan fingerprint density at radius 1 is 1.17 bits per heavy atom. The Hall–Kier alpha value is -2.38. The highest BCUT2D eigenvalue weighted by atomic mass is 16.2. The number of nitrogens with zero attached hydrogens (tertiary/aromatic N) is 1. The van der Waals surface area contributed by atoms with Crippen LogP contribution in [0.15, 0.2) is 30.5 Å². The quantitative estimate of drug-likeness (QED) is 0.620. The van der Waals surface area contributed by atoms with Crippen LogP contribution in [0.2, 0.25) is 0 Å². The normalized spacial score (nSPS) is 29.4. The highest BCUT2D eigenvalue weighted by molar-refractivity contribution is 5.89. The Bertz CT molecular complexity index is 909. The van der Waals surface area contributed by atoms with E-state index in [1.807, 2.05) is 23.2 Å². The van der Waals surface area contributed by atoms with Crippen LogP contribution in [0.4, 0.5) is 0 Å². The number of benzene rings is 1. The molecule has 4 unspecified atom stereocenters. The maximum atomic E-state index is 12.7. The Balaban J connectivity index is 1.15. The maximum Gasteiger partial charge on any atom is 0.225 e. The summed E-state index contributed by atoms with van der Waals surface area (Å²) in [4.78, 5) is 30.5. The lowest BCUT2D eigenvalue weighted by atomic mass is 9.84. The minimum atomic E-state index is -0.255. The van der Waals surface area contributed by atoms with Crippen molar-refractivity contribution in [2.24, 2.45) is 11.8 Å². The molecule has 5 rings (SSSR count). The molecule has 2 aliphatic heterocycles. The molecule has 0 radical (unpaired) electrons. The number of hydrazine groups is 1. The molecule has 3 fully saturated rings. The number of aromatic amines is 1. The van der Waals surface area contributed by atoms with Crippen molar-refractivity contribution in [3.63, 3.8) is 0 Å². The summed E-state index contributed by atoms with van der Waals surface area (Å²) in [5, 5.41) is 4.25. The van der Waals surface area contributed by atoms with Crippen LogP contribution in [0.5, 0.6) is 0 Å². The molecule has 0 bridgehead atoms. The summed E-state index contributed by atoms with van der Waals surface area (Å²) in [5.41, 5.74) is 9.01. The summed E-state index contributed by atoms with van der Waals surface area (Å²) in [6.45, 7) is 1.10. The van der Waals surface area contributed by atoms with Gasteiger partial charge in [-0.1, -0.05) is 31.0 Å². The van der Waals surface area contributed by atoms with Crippen molar-refractivity contribution in [2.45, 2.75) is 50.7 Å². The fourth-order valence-corrected chi connectivity index (χ4v) is 5.30. The third-order valence-electron chi connectivity index (χ3n) is 6.88. The van der Waals surface area contributed by atoms with Gasteiger partial charge in [0, 0.05) is 48.6 Å². The monoisotopic (exact) mass is 395 g/mol. The maximum absolute atomic E-state index is 12.7. The molecule has 2 saturated heterocycles. The summed E-state index contributed by atoms with van der Waals surface area (Å²) in [7, 11) is 0. The lowest BCUT2D eigenvalue weighted by Gasteiger charge is -2.32. The second kappa shape index (κ2) is 7.80. The van der Waals surface area contributed by atoms with Gasteiger partial charge >= 0.3 is 0 Å². The van der Waals surface area contributed by atoms with Gasteiger partial charge in [0.25, 0.3) is 0 Å². The Kier molecular flexibility index (Phi) is 5.01. The standard InChI is InChI=1S/C22H29N5O2/c28-20-11-15(13-27(20)21-17-6-2-4-8-19(17)25-26-21)22(29)23-10-9-14-12-24-18-7-3-1-5-16(14)18/h1,3,5,7,12,15,17,19,21,24-26H,2,4,6,8-11,13H2,(H,23,29). The van der Waals surface area contributed by atoms with E-state index in [0.29, 0.717) is 31.5 Å². The number of carbonyl (C=O) groups excluding carboxylic acids is 2. The average Bonchev–Trinajstić information content (AvgIpc) is 3.45. The van der Waals surface area contributed by atoms with Gasteiger partial charge in [-0.05, 0) is 30.9 Å². The number of nitrogens with one attached hydrogen (secondary N) is 4. The second-order valence-corrected chi connectivity index (χ2v) is 8.64. The van der Waals surface area contributed by atoms with Gasteiger partial charge in [-0.25, -0.2) is 5.43 Å². The number of amides is 2. The number of aromatic nitrogens is 1. The summed E-state index contributed by atoms with van der Waals surface area (Å²) in [5.74, 6) is 0.283. The van der Waals surface area contributed by atoms with Crippen molar-refractivity contribution < 1.29 is 9.59 Å². The van der Waals surface area contributed by atoms with E-state index < -0.39 is 0 Å². The molecular formula is C22H29N5O2. The summed E-state index contributed by atoms with van der Waals surface area (Å²) >= 11 is 0. The molecule has 1 aromatic heterocycles. The zero-order chi connectivity index (χ0) is 19.8. The molecule has 2 amide bonds. The van der Waals surface area contributed by atoms with Crippen LogP contribution in [-0.2, 0) is 16.0 Å². The smallest absolute Gasteiger partial charge is 0.225 e. The lowest BCUT2D eigenvalue weighted by Crippen LogP contribution is -2.48. The van der Waals surface area contributed by atoms with Gasteiger partial charge in [-0.3, -0.25) is 15.0 Å². The molecule has 1 aromatic carbocycles. The van der Waals surface area contributed by atoms with E-state index in [2.05, 4.69) is 33.3 Å². The first-order valence-electron chi connectivity index (χ1n) is 10.8. The minimum Gasteiger partial charge on any atom is -0.361 e. The van der Waals surface area contributed by atoms with E-state index in [-0.39, 0.29) is 23.9 Å². The summed E-state index contributed by atoms with van der Waals surface area (Å²) in [6, 6.07) is 8.64. The molecule has 4 N–H and O–H groups in total. The van der Waals surface area contributed by atoms with Crippen molar-refractivity contribution in [3.8, 4) is 0 Å². The third-order valence-corrected chi connectivity index (χ3v) is 6.88. The molecular weight excluding hydrogens is 366 g/mol. The van der Waals surface area contributed by atoms with Gasteiger partial charge in [-0.15, -0.1) is 0 Å². The number of rotatable bonds is 5. The van der Waals surface area contributed by atoms with Gasteiger partial charge in [0.1, 0.15) is 0 Å². The van der Waals surface area contributed by atoms with Gasteiger partial charge in [-0.2, -0.15) is 0 Å². The van der Waals surface area contributed by atoms with Gasteiger partial charge in [0.15, 0.2) is 0 Å². The van der Waals surface area contributed by atoms with E-state index in [1.165, 1.54) is 23.8 Å². The van der Waals surface area contributed by atoms with Crippen molar-refractivity contribution in [3.05, 3.63) is 36.0 Å². The zero-order valence-electron chi connectivity index (χ0n) is 16.6. The van der Waals surface area contributed by atoms with Gasteiger partial charge < -0.3 is 15.2 Å². The van der Waals surface area contributed by atoms with Gasteiger partial charge in [0.2, 0.25) is 11.8 Å². The van der Waals surface area contributed by atoms with Gasteiger partial charge in [0.05, 0.1) is 12.1 Å². The molecule has 154 valence electrons. The van der Waals surface area contributed by atoms with E-state index in [9.17, 15) is 9.59 Å². The number of hydrogen-bond acceptors (Lipinski definition) is 4. The van der Waals surface area contributed by atoms with Crippen LogP contribution < -0.4 is 16.2 Å². The highest BCUT2D eigenvalue weighted by Gasteiger charge is 2.46. The van der Waals surface area contributed by atoms with E-state index >= 15 is 0 Å². The number of carbonyl (C=O) groups is 2. The topological polar surface area (TPSA) is 89.3 Å². The van der Waals surface area contributed by atoms with E-state index in [1.54, 1.807) is 0 Å². The van der Waals surface area contributed by atoms with Crippen LogP contribution in [0.3, 0.4) is 0 Å². The van der Waals surface area contributed by atoms with Crippen molar-refractivity contribution in [1.29, 1.82) is 0 Å². The highest BCUT2D eigenvalue weighted by Crippen LogP contribution is 2.34. The first-order valence-corrected chi connectivity index (χ1v) is 10.8. The predicted molar refractivity (Wildman–Crippen MR) is 111 cm³/mol. The first-order chi connectivity index (χ1) is 14.2. The van der Waals surface area contributed by atoms with Crippen molar-refractivity contribution in [1.82, 2.24) is 26.1 Å². The van der Waals surface area contributed by atoms with Crippen molar-refractivity contribution in [2.75, 3.05) is 13.1 Å². The zero-order valence-corrected chi connectivity index (χ0v) is 16.6. The Morgan fingerprint density at radius 2 is 2.03 bits per heavy atom. The molecule has 3 heterocycles. The lowest BCUT2D eigenvalue weighted by molar-refractivity contribution is -0.131. The van der Waals surface area contributed by atoms with Crippen molar-refractivity contribution >= 4 is 22.7 Å². The predicted octanol–water partition coefficient (Wildman–Crippen LogP) is 1.67. The van der Waals surface area contributed by atoms with Crippen LogP contribution in [-0.4, -0.2) is 47.0 Å². The molecule has 2 aromatic rings. The number of H-pyrrole nitrogens is 1. The fraction of sp³-hybridized carbons (Fsp3) is 0.545. The van der Waals surface area contributed by atoms with Crippen LogP contribution >= 0.6 is 0 Å². The molecule has 7 nitrogen and oxygen atoms in total. The van der Waals surface area contributed by atoms with Crippen LogP contribution in [0, 0.1) is 11.8 Å². The van der Waals surface area contributed by atoms with E-state index in [0.717, 1.165) is 24.8 Å². The summed E-state index contributed by atoms with van der Waals surface area (Å²) < 4.78 is 0. The average molecular weight is 396 g/mol. The second-order valence-electron chi connectivity index (χ2n) is 8.64. The van der Waals surface area contributed by atoms with Crippen LogP contribution in [0.1, 0.15) is 37.7 Å². The molecule has 0 spiro atoms. The van der Waals surface area contributed by atoms with Crippen LogP contribution in [0.25, 0.3) is 10.9 Å². The Labute approximate surface area is 170 Å². The van der Waals surface area contributed by atoms with E-state index in [4.69, 9.17) is 0 Å². The fourth-order valence-electron chi connectivity index (χ4n) is 5.30.